The van der Waals surface area contributed by atoms with E-state index in [1.807, 2.05) is 0 Å². The molecule has 0 heterocycles. The number of carbonyl (C=O) groups is 1. The van der Waals surface area contributed by atoms with Crippen LogP contribution in [-0.2, 0) is 0 Å². The molecule has 0 aliphatic carbocycles. The zero-order valence-electron chi connectivity index (χ0n) is 13.9. The molecule has 1 atom stereocenters. The van der Waals surface area contributed by atoms with Crippen LogP contribution in [0.5, 0.6) is 11.5 Å². The van der Waals surface area contributed by atoms with E-state index in [9.17, 15) is 4.79 Å². The summed E-state index contributed by atoms with van der Waals surface area (Å²) in [6.07, 6.45) is 0.769. The molecule has 1 aromatic carbocycles. The number of hydrogen-bond acceptors (Lipinski definition) is 4. The summed E-state index contributed by atoms with van der Waals surface area (Å²) in [7, 11) is 4.88. The summed E-state index contributed by atoms with van der Waals surface area (Å²) in [6.45, 7) is 4.77. The Kier molecular flexibility index (Phi) is 7.16. The van der Waals surface area contributed by atoms with Gasteiger partial charge in [0.2, 0.25) is 0 Å². The van der Waals surface area contributed by atoms with E-state index in [0.29, 0.717) is 34.0 Å². The van der Waals surface area contributed by atoms with Crippen LogP contribution in [0.15, 0.2) is 16.6 Å². The fourth-order valence-electron chi connectivity index (χ4n) is 1.99. The molecular formula is C16H25BrN2O3. The summed E-state index contributed by atoms with van der Waals surface area (Å²) < 4.78 is 11.2. The average Bonchev–Trinajstić information content (AvgIpc) is 2.51. The van der Waals surface area contributed by atoms with Gasteiger partial charge in [0.1, 0.15) is 16.0 Å². The summed E-state index contributed by atoms with van der Waals surface area (Å²) in [4.78, 5) is 14.2. The van der Waals surface area contributed by atoms with Gasteiger partial charge < -0.3 is 20.1 Å². The standard InChI is InChI=1S/C16H25BrN2O3/c1-10(2)12(18)6-7-19(3)16(20)11-8-13(21-4)15(17)14(9-11)22-5/h8-10,12H,6-7,18H2,1-5H3. The van der Waals surface area contributed by atoms with E-state index in [-0.39, 0.29) is 11.9 Å². The zero-order valence-corrected chi connectivity index (χ0v) is 15.4. The number of amides is 1. The normalized spacial score (nSPS) is 12.2. The van der Waals surface area contributed by atoms with Crippen molar-refractivity contribution in [1.29, 1.82) is 0 Å². The lowest BCUT2D eigenvalue weighted by molar-refractivity contribution is 0.0788. The smallest absolute Gasteiger partial charge is 0.253 e. The highest BCUT2D eigenvalue weighted by molar-refractivity contribution is 9.10. The molecule has 0 aromatic heterocycles. The van der Waals surface area contributed by atoms with Crippen LogP contribution in [0.25, 0.3) is 0 Å². The Hall–Kier alpha value is -1.27. The molecule has 0 bridgehead atoms. The maximum absolute atomic E-state index is 12.5. The van der Waals surface area contributed by atoms with Gasteiger partial charge in [-0.25, -0.2) is 0 Å². The molecule has 5 nitrogen and oxygen atoms in total. The molecule has 0 radical (unpaired) electrons. The summed E-state index contributed by atoms with van der Waals surface area (Å²) in [5.41, 5.74) is 6.56. The van der Waals surface area contributed by atoms with E-state index in [1.165, 1.54) is 0 Å². The maximum atomic E-state index is 12.5. The highest BCUT2D eigenvalue weighted by atomic mass is 79.9. The quantitative estimate of drug-likeness (QED) is 0.798. The summed E-state index contributed by atoms with van der Waals surface area (Å²) in [5, 5.41) is 0. The first-order valence-corrected chi connectivity index (χ1v) is 8.03. The van der Waals surface area contributed by atoms with E-state index in [0.717, 1.165) is 6.42 Å². The molecular weight excluding hydrogens is 348 g/mol. The lowest BCUT2D eigenvalue weighted by Gasteiger charge is -2.22. The Morgan fingerprint density at radius 3 is 2.18 bits per heavy atom. The minimum atomic E-state index is -0.0833. The predicted octanol–water partition coefficient (Wildman–Crippen LogP) is 2.91. The highest BCUT2D eigenvalue weighted by Crippen LogP contribution is 2.35. The van der Waals surface area contributed by atoms with Crippen molar-refractivity contribution in [1.82, 2.24) is 4.90 Å². The number of ether oxygens (including phenoxy) is 2. The van der Waals surface area contributed by atoms with Crippen LogP contribution in [-0.4, -0.2) is 44.7 Å². The number of nitrogens with two attached hydrogens (primary N) is 1. The Morgan fingerprint density at radius 2 is 1.77 bits per heavy atom. The number of nitrogens with zero attached hydrogens (tertiary/aromatic N) is 1. The summed E-state index contributed by atoms with van der Waals surface area (Å²) in [6, 6.07) is 3.49. The van der Waals surface area contributed by atoms with Crippen LogP contribution in [0, 0.1) is 5.92 Å². The van der Waals surface area contributed by atoms with Crippen molar-refractivity contribution < 1.29 is 14.3 Å². The molecule has 0 aliphatic rings. The van der Waals surface area contributed by atoms with E-state index in [1.54, 1.807) is 38.3 Å². The number of hydrogen-bond donors (Lipinski definition) is 1. The van der Waals surface area contributed by atoms with Crippen LogP contribution in [0.2, 0.25) is 0 Å². The molecule has 1 amide bonds. The first kappa shape index (κ1) is 18.8. The van der Waals surface area contributed by atoms with Gasteiger partial charge in [0.05, 0.1) is 14.2 Å². The van der Waals surface area contributed by atoms with Crippen LogP contribution in [0.4, 0.5) is 0 Å². The topological polar surface area (TPSA) is 64.8 Å². The molecule has 22 heavy (non-hydrogen) atoms. The minimum absolute atomic E-state index is 0.0833. The zero-order chi connectivity index (χ0) is 16.9. The third-order valence-electron chi connectivity index (χ3n) is 3.69. The van der Waals surface area contributed by atoms with Crippen LogP contribution in [0.1, 0.15) is 30.6 Å². The molecule has 0 saturated heterocycles. The third-order valence-corrected chi connectivity index (χ3v) is 4.48. The molecule has 6 heteroatoms. The average molecular weight is 373 g/mol. The lowest BCUT2D eigenvalue weighted by atomic mass is 10.0. The Labute approximate surface area is 140 Å². The fraction of sp³-hybridized carbons (Fsp3) is 0.562. The SMILES string of the molecule is COc1cc(C(=O)N(C)CCC(N)C(C)C)cc(OC)c1Br. The predicted molar refractivity (Wildman–Crippen MR) is 91.6 cm³/mol. The molecule has 1 rings (SSSR count). The molecule has 124 valence electrons. The summed E-state index contributed by atoms with van der Waals surface area (Å²) in [5.74, 6) is 1.45. The number of methoxy groups -OCH3 is 2. The molecule has 1 unspecified atom stereocenters. The maximum Gasteiger partial charge on any atom is 0.253 e. The third kappa shape index (κ3) is 4.61. The second-order valence-corrected chi connectivity index (χ2v) is 6.41. The summed E-state index contributed by atoms with van der Waals surface area (Å²) >= 11 is 3.40. The molecule has 0 saturated carbocycles. The second-order valence-electron chi connectivity index (χ2n) is 5.62. The van der Waals surface area contributed by atoms with E-state index >= 15 is 0 Å². The Morgan fingerprint density at radius 1 is 1.27 bits per heavy atom. The molecule has 1 aromatic rings. The highest BCUT2D eigenvalue weighted by Gasteiger charge is 2.18. The van der Waals surface area contributed by atoms with Crippen molar-refractivity contribution in [3.8, 4) is 11.5 Å². The van der Waals surface area contributed by atoms with Gasteiger partial charge in [0.25, 0.3) is 5.91 Å². The second kappa shape index (κ2) is 8.39. The molecule has 0 aliphatic heterocycles. The van der Waals surface area contributed by atoms with Gasteiger partial charge in [-0.1, -0.05) is 13.8 Å². The van der Waals surface area contributed by atoms with E-state index in [4.69, 9.17) is 15.2 Å². The largest absolute Gasteiger partial charge is 0.495 e. The number of rotatable bonds is 7. The fourth-order valence-corrected chi connectivity index (χ4v) is 2.54. The van der Waals surface area contributed by atoms with Crippen molar-refractivity contribution >= 4 is 21.8 Å². The van der Waals surface area contributed by atoms with Gasteiger partial charge in [-0.05, 0) is 40.4 Å². The van der Waals surface area contributed by atoms with Crippen molar-refractivity contribution in [3.63, 3.8) is 0 Å². The number of halogens is 1. The monoisotopic (exact) mass is 372 g/mol. The first-order chi connectivity index (χ1) is 10.3. The van der Waals surface area contributed by atoms with Crippen molar-refractivity contribution in [2.75, 3.05) is 27.8 Å². The van der Waals surface area contributed by atoms with Gasteiger partial charge in [-0.3, -0.25) is 4.79 Å². The van der Waals surface area contributed by atoms with Gasteiger partial charge in [0, 0.05) is 25.2 Å². The van der Waals surface area contributed by atoms with Gasteiger partial charge >= 0.3 is 0 Å². The van der Waals surface area contributed by atoms with Crippen LogP contribution < -0.4 is 15.2 Å². The van der Waals surface area contributed by atoms with Crippen molar-refractivity contribution in [2.45, 2.75) is 26.3 Å². The van der Waals surface area contributed by atoms with Crippen molar-refractivity contribution in [2.24, 2.45) is 11.7 Å². The number of benzene rings is 1. The Bertz CT molecular complexity index is 495. The van der Waals surface area contributed by atoms with Crippen LogP contribution in [0.3, 0.4) is 0 Å². The molecule has 2 N–H and O–H groups in total. The molecule has 0 spiro atoms. The van der Waals surface area contributed by atoms with Gasteiger partial charge in [-0.2, -0.15) is 0 Å². The van der Waals surface area contributed by atoms with E-state index < -0.39 is 0 Å². The number of carbonyl (C=O) groups excluding carboxylic acids is 1. The lowest BCUT2D eigenvalue weighted by Crippen LogP contribution is -2.34. The van der Waals surface area contributed by atoms with Gasteiger partial charge in [0.15, 0.2) is 0 Å². The molecule has 0 fully saturated rings. The minimum Gasteiger partial charge on any atom is -0.495 e. The van der Waals surface area contributed by atoms with Crippen molar-refractivity contribution in [3.05, 3.63) is 22.2 Å². The van der Waals surface area contributed by atoms with E-state index in [2.05, 4.69) is 29.8 Å². The van der Waals surface area contributed by atoms with Crippen LogP contribution >= 0.6 is 15.9 Å². The van der Waals surface area contributed by atoms with Gasteiger partial charge in [-0.15, -0.1) is 0 Å². The Balaban J connectivity index is 2.88. The first-order valence-electron chi connectivity index (χ1n) is 7.24.